The highest BCUT2D eigenvalue weighted by atomic mass is 35.5. The standard InChI is InChI=1S/C21H13ClO4S/c1-12-2-4-13(5-3-12)17-10-16(11-18-19(17)26-21(24)27-18)25-20(23)14-6-8-15(22)9-7-14/h2-11H,1H3. The van der Waals surface area contributed by atoms with Crippen LogP contribution in [0.4, 0.5) is 0 Å². The van der Waals surface area contributed by atoms with E-state index >= 15 is 0 Å². The molecule has 4 aromatic rings. The molecule has 6 heteroatoms. The molecule has 0 unspecified atom stereocenters. The minimum absolute atomic E-state index is 0.343. The van der Waals surface area contributed by atoms with Gasteiger partial charge in [0.15, 0.2) is 5.58 Å². The van der Waals surface area contributed by atoms with Crippen molar-refractivity contribution in [1.29, 1.82) is 0 Å². The number of halogens is 1. The van der Waals surface area contributed by atoms with E-state index in [0.29, 0.717) is 32.2 Å². The van der Waals surface area contributed by atoms with Crippen molar-refractivity contribution in [2.75, 3.05) is 0 Å². The number of benzene rings is 3. The lowest BCUT2D eigenvalue weighted by Crippen LogP contribution is -2.08. The van der Waals surface area contributed by atoms with Crippen LogP contribution in [0.5, 0.6) is 5.75 Å². The van der Waals surface area contributed by atoms with Gasteiger partial charge in [0, 0.05) is 16.7 Å². The maximum atomic E-state index is 12.4. The zero-order valence-electron chi connectivity index (χ0n) is 14.2. The molecule has 0 N–H and O–H groups in total. The largest absolute Gasteiger partial charge is 0.423 e. The normalized spacial score (nSPS) is 10.9. The Morgan fingerprint density at radius 3 is 2.44 bits per heavy atom. The van der Waals surface area contributed by atoms with Gasteiger partial charge < -0.3 is 9.15 Å². The van der Waals surface area contributed by atoms with Crippen LogP contribution in [-0.4, -0.2) is 5.97 Å². The summed E-state index contributed by atoms with van der Waals surface area (Å²) in [6.45, 7) is 1.99. The molecule has 4 rings (SSSR count). The van der Waals surface area contributed by atoms with Crippen LogP contribution >= 0.6 is 22.9 Å². The quantitative estimate of drug-likeness (QED) is 0.329. The minimum atomic E-state index is -0.503. The molecule has 0 radical (unpaired) electrons. The van der Waals surface area contributed by atoms with Gasteiger partial charge in [-0.3, -0.25) is 0 Å². The van der Waals surface area contributed by atoms with Crippen molar-refractivity contribution in [3.63, 3.8) is 0 Å². The van der Waals surface area contributed by atoms with E-state index in [1.807, 2.05) is 31.2 Å². The number of hydrogen-bond acceptors (Lipinski definition) is 5. The predicted molar refractivity (Wildman–Crippen MR) is 107 cm³/mol. The monoisotopic (exact) mass is 396 g/mol. The Labute approximate surface area is 163 Å². The molecular weight excluding hydrogens is 384 g/mol. The third-order valence-corrected chi connectivity index (χ3v) is 5.09. The Bertz CT molecular complexity index is 1190. The summed E-state index contributed by atoms with van der Waals surface area (Å²) in [6.07, 6.45) is 0. The number of carbonyl (C=O) groups is 1. The molecule has 0 fully saturated rings. The average molecular weight is 397 g/mol. The number of fused-ring (bicyclic) bond motifs is 1. The van der Waals surface area contributed by atoms with Gasteiger partial charge in [-0.25, -0.2) is 9.59 Å². The van der Waals surface area contributed by atoms with E-state index in [1.54, 1.807) is 36.4 Å². The molecule has 134 valence electrons. The van der Waals surface area contributed by atoms with Crippen molar-refractivity contribution in [1.82, 2.24) is 0 Å². The zero-order chi connectivity index (χ0) is 19.0. The number of esters is 1. The SMILES string of the molecule is Cc1ccc(-c2cc(OC(=O)c3ccc(Cl)cc3)cc3sc(=O)oc23)cc1. The summed E-state index contributed by atoms with van der Waals surface area (Å²) in [7, 11) is 0. The average Bonchev–Trinajstić information content (AvgIpc) is 3.02. The van der Waals surface area contributed by atoms with Crippen LogP contribution in [0.25, 0.3) is 21.4 Å². The summed E-state index contributed by atoms with van der Waals surface area (Å²) < 4.78 is 11.5. The number of hydrogen-bond donors (Lipinski definition) is 0. The second-order valence-electron chi connectivity index (χ2n) is 6.01. The van der Waals surface area contributed by atoms with Crippen LogP contribution in [0.2, 0.25) is 5.02 Å². The van der Waals surface area contributed by atoms with Crippen LogP contribution in [0.3, 0.4) is 0 Å². The van der Waals surface area contributed by atoms with E-state index in [9.17, 15) is 9.59 Å². The van der Waals surface area contributed by atoms with Gasteiger partial charge in [0.05, 0.1) is 10.3 Å². The molecular formula is C21H13ClO4S. The summed E-state index contributed by atoms with van der Waals surface area (Å²) >= 11 is 6.83. The molecule has 0 bridgehead atoms. The fraction of sp³-hybridized carbons (Fsp3) is 0.0476. The second-order valence-corrected chi connectivity index (χ2v) is 7.43. The minimum Gasteiger partial charge on any atom is -0.423 e. The van der Waals surface area contributed by atoms with Crippen LogP contribution in [0.1, 0.15) is 15.9 Å². The van der Waals surface area contributed by atoms with Gasteiger partial charge in [0.1, 0.15) is 5.75 Å². The molecule has 0 aliphatic heterocycles. The van der Waals surface area contributed by atoms with Crippen molar-refractivity contribution in [3.05, 3.63) is 86.5 Å². The molecule has 0 saturated carbocycles. The topological polar surface area (TPSA) is 56.5 Å². The van der Waals surface area contributed by atoms with E-state index in [-0.39, 0.29) is 0 Å². The van der Waals surface area contributed by atoms with Crippen molar-refractivity contribution >= 4 is 39.2 Å². The van der Waals surface area contributed by atoms with Gasteiger partial charge in [0.25, 0.3) is 0 Å². The van der Waals surface area contributed by atoms with Gasteiger partial charge in [-0.15, -0.1) is 0 Å². The Hall–Kier alpha value is -2.89. The Balaban J connectivity index is 1.77. The molecule has 0 spiro atoms. The van der Waals surface area contributed by atoms with Crippen molar-refractivity contribution in [3.8, 4) is 16.9 Å². The van der Waals surface area contributed by atoms with E-state index in [2.05, 4.69) is 0 Å². The molecule has 0 saturated heterocycles. The highest BCUT2D eigenvalue weighted by Gasteiger charge is 2.15. The molecule has 3 aromatic carbocycles. The van der Waals surface area contributed by atoms with Crippen LogP contribution in [-0.2, 0) is 0 Å². The maximum absolute atomic E-state index is 12.4. The maximum Gasteiger partial charge on any atom is 0.396 e. The number of ether oxygens (including phenoxy) is 1. The summed E-state index contributed by atoms with van der Waals surface area (Å²) in [5.41, 5.74) is 3.56. The molecule has 1 aromatic heterocycles. The first-order valence-electron chi connectivity index (χ1n) is 8.12. The van der Waals surface area contributed by atoms with Crippen molar-refractivity contribution < 1.29 is 13.9 Å². The first kappa shape index (κ1) is 17.5. The van der Waals surface area contributed by atoms with E-state index in [0.717, 1.165) is 22.5 Å². The molecule has 4 nitrogen and oxygen atoms in total. The summed E-state index contributed by atoms with van der Waals surface area (Å²) in [5.74, 6) is -0.160. The summed E-state index contributed by atoms with van der Waals surface area (Å²) in [6, 6.07) is 17.6. The lowest BCUT2D eigenvalue weighted by atomic mass is 10.0. The smallest absolute Gasteiger partial charge is 0.396 e. The van der Waals surface area contributed by atoms with Gasteiger partial charge in [-0.2, -0.15) is 0 Å². The lowest BCUT2D eigenvalue weighted by Gasteiger charge is -2.08. The molecule has 0 aliphatic carbocycles. The molecule has 0 atom stereocenters. The Morgan fingerprint density at radius 2 is 1.74 bits per heavy atom. The van der Waals surface area contributed by atoms with E-state index in [1.165, 1.54) is 0 Å². The van der Waals surface area contributed by atoms with E-state index in [4.69, 9.17) is 20.8 Å². The fourth-order valence-corrected chi connectivity index (χ4v) is 3.56. The van der Waals surface area contributed by atoms with Crippen molar-refractivity contribution in [2.45, 2.75) is 6.92 Å². The fourth-order valence-electron chi connectivity index (χ4n) is 2.71. The lowest BCUT2D eigenvalue weighted by molar-refractivity contribution is 0.0735. The second kappa shape index (κ2) is 7.02. The first-order chi connectivity index (χ1) is 13.0. The Kier molecular flexibility index (Phi) is 4.56. The van der Waals surface area contributed by atoms with E-state index < -0.39 is 10.9 Å². The molecule has 0 aliphatic rings. The van der Waals surface area contributed by atoms with Crippen LogP contribution < -0.4 is 9.68 Å². The number of carbonyl (C=O) groups excluding carboxylic acids is 1. The third-order valence-electron chi connectivity index (χ3n) is 4.06. The number of aryl methyl sites for hydroxylation is 1. The highest BCUT2D eigenvalue weighted by molar-refractivity contribution is 7.16. The Morgan fingerprint density at radius 1 is 1.04 bits per heavy atom. The summed E-state index contributed by atoms with van der Waals surface area (Å²) in [5, 5.41) is 0.540. The zero-order valence-corrected chi connectivity index (χ0v) is 15.8. The van der Waals surface area contributed by atoms with Gasteiger partial charge in [0.2, 0.25) is 0 Å². The number of rotatable bonds is 3. The molecule has 27 heavy (non-hydrogen) atoms. The van der Waals surface area contributed by atoms with Gasteiger partial charge in [-0.1, -0.05) is 52.8 Å². The van der Waals surface area contributed by atoms with Crippen LogP contribution in [0, 0.1) is 6.92 Å². The first-order valence-corrected chi connectivity index (χ1v) is 9.31. The predicted octanol–water partition coefficient (Wildman–Crippen LogP) is 5.70. The highest BCUT2D eigenvalue weighted by Crippen LogP contribution is 2.34. The van der Waals surface area contributed by atoms with Crippen LogP contribution in [0.15, 0.2) is 69.9 Å². The van der Waals surface area contributed by atoms with Gasteiger partial charge in [-0.05, 0) is 42.8 Å². The summed E-state index contributed by atoms with van der Waals surface area (Å²) in [4.78, 5) is 23.8. The molecule has 0 amide bonds. The van der Waals surface area contributed by atoms with Crippen molar-refractivity contribution in [2.24, 2.45) is 0 Å². The third kappa shape index (κ3) is 3.65. The molecule has 1 heterocycles. The van der Waals surface area contributed by atoms with Gasteiger partial charge >= 0.3 is 10.9 Å².